The van der Waals surface area contributed by atoms with Crippen LogP contribution in [0.15, 0.2) is 30.3 Å². The van der Waals surface area contributed by atoms with Gasteiger partial charge < -0.3 is 0 Å². The lowest BCUT2D eigenvalue weighted by Crippen LogP contribution is -2.51. The molecule has 0 spiro atoms. The summed E-state index contributed by atoms with van der Waals surface area (Å²) in [5.41, 5.74) is 4.96. The molecule has 0 amide bonds. The van der Waals surface area contributed by atoms with Gasteiger partial charge in [0.15, 0.2) is 0 Å². The van der Waals surface area contributed by atoms with Crippen LogP contribution in [0.1, 0.15) is 57.8 Å². The zero-order valence-corrected chi connectivity index (χ0v) is 14.7. The number of hydrazine groups is 1. The second kappa shape index (κ2) is 6.80. The first kappa shape index (κ1) is 15.4. The molecular weight excluding hydrogens is 300 g/mol. The molecule has 0 aliphatic heterocycles. The highest BCUT2D eigenvalue weighted by atomic mass is 32.1. The smallest absolute Gasteiger partial charge is 0.0975 e. The minimum absolute atomic E-state index is 0.586. The van der Waals surface area contributed by atoms with Gasteiger partial charge in [-0.1, -0.05) is 56.1 Å². The van der Waals surface area contributed by atoms with Crippen molar-refractivity contribution in [3.05, 3.63) is 30.3 Å². The van der Waals surface area contributed by atoms with Gasteiger partial charge in [0.1, 0.15) is 0 Å². The predicted molar refractivity (Wildman–Crippen MR) is 100 cm³/mol. The number of thiocarbonyl (C=S) groups is 1. The summed E-state index contributed by atoms with van der Waals surface area (Å²) in [6.07, 6.45) is 12.2. The molecule has 3 aliphatic rings. The van der Waals surface area contributed by atoms with Gasteiger partial charge in [-0.2, -0.15) is 0 Å². The summed E-state index contributed by atoms with van der Waals surface area (Å²) in [5, 5.41) is 2.40. The number of nitrogens with one attached hydrogen (secondary N) is 1. The molecule has 1 aromatic rings. The summed E-state index contributed by atoms with van der Waals surface area (Å²) in [6, 6.07) is 11.4. The third-order valence-corrected chi connectivity index (χ3v) is 6.67. The monoisotopic (exact) mass is 328 g/mol. The summed E-state index contributed by atoms with van der Waals surface area (Å²) in [7, 11) is 0. The molecule has 2 nitrogen and oxygen atoms in total. The van der Waals surface area contributed by atoms with Gasteiger partial charge in [-0.3, -0.25) is 10.4 Å². The maximum Gasteiger partial charge on any atom is 0.0975 e. The molecule has 3 aliphatic carbocycles. The maximum atomic E-state index is 5.87. The number of hydrogen-bond acceptors (Lipinski definition) is 2. The first-order valence-corrected chi connectivity index (χ1v) is 9.87. The number of fused-ring (bicyclic) bond motifs is 2. The average Bonchev–Trinajstić information content (AvgIpc) is 3.24. The summed E-state index contributed by atoms with van der Waals surface area (Å²) in [6.45, 7) is 0. The molecule has 4 rings (SSSR count). The quantitative estimate of drug-likeness (QED) is 0.612. The van der Waals surface area contributed by atoms with Gasteiger partial charge in [-0.15, -0.1) is 0 Å². The lowest BCUT2D eigenvalue weighted by atomic mass is 9.89. The normalized spacial score (nSPS) is 30.3. The van der Waals surface area contributed by atoms with E-state index in [0.717, 1.165) is 16.8 Å². The zero-order valence-electron chi connectivity index (χ0n) is 13.9. The minimum Gasteiger partial charge on any atom is -0.291 e. The van der Waals surface area contributed by atoms with E-state index in [9.17, 15) is 0 Å². The van der Waals surface area contributed by atoms with Crippen molar-refractivity contribution in [3.63, 3.8) is 0 Å². The fraction of sp³-hybridized carbons (Fsp3) is 0.650. The first-order chi connectivity index (χ1) is 11.3. The Morgan fingerprint density at radius 1 is 0.957 bits per heavy atom. The fourth-order valence-electron chi connectivity index (χ4n) is 5.06. The maximum absolute atomic E-state index is 5.87. The number of rotatable bonds is 4. The van der Waals surface area contributed by atoms with E-state index in [1.54, 1.807) is 0 Å². The number of benzene rings is 1. The van der Waals surface area contributed by atoms with Crippen molar-refractivity contribution >= 4 is 22.9 Å². The van der Waals surface area contributed by atoms with E-state index in [-0.39, 0.29) is 0 Å². The Morgan fingerprint density at radius 3 is 2.39 bits per heavy atom. The van der Waals surface area contributed by atoms with Crippen LogP contribution in [0.25, 0.3) is 0 Å². The van der Waals surface area contributed by atoms with E-state index < -0.39 is 0 Å². The number of hydrogen-bond donors (Lipinski definition) is 1. The highest BCUT2D eigenvalue weighted by Crippen LogP contribution is 2.48. The summed E-state index contributed by atoms with van der Waals surface area (Å²) in [4.78, 5) is 1.10. The first-order valence-electron chi connectivity index (χ1n) is 9.46. The number of nitrogens with zero attached hydrogens (tertiary/aromatic N) is 1. The van der Waals surface area contributed by atoms with E-state index in [4.69, 9.17) is 12.2 Å². The molecule has 0 radical (unpaired) electrons. The average molecular weight is 329 g/mol. The molecule has 3 saturated carbocycles. The van der Waals surface area contributed by atoms with Crippen LogP contribution in [0, 0.1) is 17.8 Å². The molecular formula is C20H28N2S. The van der Waals surface area contributed by atoms with Crippen LogP contribution in [-0.4, -0.2) is 11.0 Å². The largest absolute Gasteiger partial charge is 0.291 e. The standard InChI is InChI=1S/C20H28N2S/c23-20(19-14-15-11-12-16(19)13-15)21-22(17-7-3-1-4-8-17)18-9-5-2-6-10-18/h1,3-4,7-8,15-16,18-19H,2,5-6,9-14H2,(H,21,23). The Bertz CT molecular complexity index is 538. The molecule has 1 aromatic carbocycles. The zero-order chi connectivity index (χ0) is 15.6. The molecule has 0 heterocycles. The lowest BCUT2D eigenvalue weighted by molar-refractivity contribution is 0.387. The summed E-state index contributed by atoms with van der Waals surface area (Å²) < 4.78 is 0. The van der Waals surface area contributed by atoms with Crippen molar-refractivity contribution in [3.8, 4) is 0 Å². The number of anilines is 1. The van der Waals surface area contributed by atoms with E-state index >= 15 is 0 Å². The van der Waals surface area contributed by atoms with Gasteiger partial charge in [-0.05, 0) is 56.1 Å². The molecule has 3 fully saturated rings. The van der Waals surface area contributed by atoms with Gasteiger partial charge >= 0.3 is 0 Å². The van der Waals surface area contributed by atoms with Crippen LogP contribution < -0.4 is 10.4 Å². The van der Waals surface area contributed by atoms with Crippen molar-refractivity contribution in [1.82, 2.24) is 5.43 Å². The fourth-order valence-corrected chi connectivity index (χ4v) is 5.45. The van der Waals surface area contributed by atoms with Gasteiger partial charge in [0.25, 0.3) is 0 Å². The van der Waals surface area contributed by atoms with Crippen LogP contribution in [0.2, 0.25) is 0 Å². The molecule has 124 valence electrons. The van der Waals surface area contributed by atoms with Crippen molar-refractivity contribution in [2.45, 2.75) is 63.8 Å². The van der Waals surface area contributed by atoms with Crippen LogP contribution in [0.3, 0.4) is 0 Å². The Balaban J connectivity index is 1.49. The van der Waals surface area contributed by atoms with Gasteiger partial charge in [0.05, 0.1) is 16.7 Å². The Hall–Kier alpha value is -1.09. The molecule has 0 aromatic heterocycles. The molecule has 23 heavy (non-hydrogen) atoms. The molecule has 3 heteroatoms. The Kier molecular flexibility index (Phi) is 4.57. The van der Waals surface area contributed by atoms with Crippen molar-refractivity contribution in [2.24, 2.45) is 17.8 Å². The molecule has 3 atom stereocenters. The highest BCUT2D eigenvalue weighted by Gasteiger charge is 2.42. The van der Waals surface area contributed by atoms with Gasteiger partial charge in [0.2, 0.25) is 0 Å². The van der Waals surface area contributed by atoms with Gasteiger partial charge in [0, 0.05) is 5.92 Å². The topological polar surface area (TPSA) is 15.3 Å². The molecule has 0 saturated heterocycles. The Labute approximate surface area is 145 Å². The highest BCUT2D eigenvalue weighted by molar-refractivity contribution is 7.80. The Morgan fingerprint density at radius 2 is 1.74 bits per heavy atom. The molecule has 3 unspecified atom stereocenters. The van der Waals surface area contributed by atoms with Crippen molar-refractivity contribution < 1.29 is 0 Å². The van der Waals surface area contributed by atoms with E-state index in [1.165, 1.54) is 63.5 Å². The summed E-state index contributed by atoms with van der Waals surface area (Å²) in [5.74, 6) is 2.42. The van der Waals surface area contributed by atoms with E-state index in [2.05, 4.69) is 40.8 Å². The molecule has 2 bridgehead atoms. The number of para-hydroxylation sites is 1. The van der Waals surface area contributed by atoms with E-state index in [0.29, 0.717) is 12.0 Å². The third kappa shape index (κ3) is 3.26. The van der Waals surface area contributed by atoms with Crippen LogP contribution in [0.4, 0.5) is 5.69 Å². The summed E-state index contributed by atoms with van der Waals surface area (Å²) >= 11 is 5.87. The lowest BCUT2D eigenvalue weighted by Gasteiger charge is -2.38. The predicted octanol–water partition coefficient (Wildman–Crippen LogP) is 5.09. The second-order valence-corrected chi connectivity index (χ2v) is 8.19. The van der Waals surface area contributed by atoms with Crippen LogP contribution >= 0.6 is 12.2 Å². The molecule has 1 N–H and O–H groups in total. The van der Waals surface area contributed by atoms with Gasteiger partial charge in [-0.25, -0.2) is 0 Å². The van der Waals surface area contributed by atoms with Crippen molar-refractivity contribution in [2.75, 3.05) is 5.01 Å². The van der Waals surface area contributed by atoms with Crippen LogP contribution in [-0.2, 0) is 0 Å². The van der Waals surface area contributed by atoms with Crippen LogP contribution in [0.5, 0.6) is 0 Å². The third-order valence-electron chi connectivity index (χ3n) is 6.28. The minimum atomic E-state index is 0.586. The van der Waals surface area contributed by atoms with E-state index in [1.807, 2.05) is 0 Å². The SMILES string of the molecule is S=C(NN(c1ccccc1)C1CCCCC1)C1CC2CCC1C2. The second-order valence-electron chi connectivity index (χ2n) is 7.75. The van der Waals surface area contributed by atoms with Crippen molar-refractivity contribution in [1.29, 1.82) is 0 Å².